The van der Waals surface area contributed by atoms with Crippen molar-refractivity contribution in [3.05, 3.63) is 35.0 Å². The second-order valence-electron chi connectivity index (χ2n) is 3.75. The lowest BCUT2D eigenvalue weighted by Gasteiger charge is -2.03. The van der Waals surface area contributed by atoms with Crippen LogP contribution in [0.5, 0.6) is 0 Å². The quantitative estimate of drug-likeness (QED) is 0.786. The zero-order valence-electron chi connectivity index (χ0n) is 8.79. The van der Waals surface area contributed by atoms with E-state index in [0.717, 1.165) is 16.7 Å². The minimum atomic E-state index is 0.210. The molecular weight excluding hydrogens is 212 g/mol. The smallest absolute Gasteiger partial charge is 0.135 e. The van der Waals surface area contributed by atoms with Gasteiger partial charge in [0.2, 0.25) is 0 Å². The van der Waals surface area contributed by atoms with Crippen LogP contribution in [0.15, 0.2) is 28.7 Å². The molecule has 1 aromatic carbocycles. The third-order valence-electron chi connectivity index (χ3n) is 2.09. The molecule has 0 atom stereocenters. The predicted octanol–water partition coefficient (Wildman–Crippen LogP) is 4.01. The third-order valence-corrected chi connectivity index (χ3v) is 2.33. The topological polar surface area (TPSA) is 22.4 Å². The van der Waals surface area contributed by atoms with Gasteiger partial charge >= 0.3 is 0 Å². The molecule has 3 heteroatoms. The van der Waals surface area contributed by atoms with Gasteiger partial charge in [0.15, 0.2) is 0 Å². The van der Waals surface area contributed by atoms with Crippen molar-refractivity contribution in [2.75, 3.05) is 0 Å². The Morgan fingerprint density at radius 1 is 1.33 bits per heavy atom. The Morgan fingerprint density at radius 3 is 2.87 bits per heavy atom. The van der Waals surface area contributed by atoms with Gasteiger partial charge in [-0.2, -0.15) is 0 Å². The summed E-state index contributed by atoms with van der Waals surface area (Å²) in [5, 5.41) is 1.75. The minimum absolute atomic E-state index is 0.210. The van der Waals surface area contributed by atoms with Crippen LogP contribution in [0.2, 0.25) is 5.02 Å². The van der Waals surface area contributed by atoms with Gasteiger partial charge < -0.3 is 9.15 Å². The Bertz CT molecular complexity index is 460. The molecule has 2 rings (SSSR count). The molecule has 2 aromatic rings. The highest BCUT2D eigenvalue weighted by Gasteiger charge is 2.05. The number of ether oxygens (including phenoxy) is 1. The van der Waals surface area contributed by atoms with E-state index in [1.165, 1.54) is 0 Å². The van der Waals surface area contributed by atoms with Gasteiger partial charge in [-0.15, -0.1) is 0 Å². The Balaban J connectivity index is 2.23. The fourth-order valence-corrected chi connectivity index (χ4v) is 1.54. The van der Waals surface area contributed by atoms with Crippen LogP contribution in [-0.4, -0.2) is 6.10 Å². The van der Waals surface area contributed by atoms with Gasteiger partial charge in [-0.3, -0.25) is 0 Å². The maximum atomic E-state index is 5.86. The van der Waals surface area contributed by atoms with Gasteiger partial charge in [0.25, 0.3) is 0 Å². The summed E-state index contributed by atoms with van der Waals surface area (Å²) in [5.41, 5.74) is 0.810. The van der Waals surface area contributed by atoms with E-state index in [1.54, 1.807) is 0 Å². The van der Waals surface area contributed by atoms with Crippen molar-refractivity contribution < 1.29 is 9.15 Å². The van der Waals surface area contributed by atoms with E-state index >= 15 is 0 Å². The van der Waals surface area contributed by atoms with Crippen LogP contribution in [0.25, 0.3) is 11.0 Å². The second kappa shape index (κ2) is 4.25. The molecule has 0 aliphatic heterocycles. The van der Waals surface area contributed by atoms with Crippen molar-refractivity contribution in [2.24, 2.45) is 0 Å². The highest BCUT2D eigenvalue weighted by molar-refractivity contribution is 6.31. The molecule has 0 fully saturated rings. The highest BCUT2D eigenvalue weighted by atomic mass is 35.5. The van der Waals surface area contributed by atoms with Crippen molar-refractivity contribution in [3.8, 4) is 0 Å². The second-order valence-corrected chi connectivity index (χ2v) is 4.19. The average Bonchev–Trinajstić information content (AvgIpc) is 2.56. The van der Waals surface area contributed by atoms with Gasteiger partial charge in [-0.1, -0.05) is 11.6 Å². The van der Waals surface area contributed by atoms with E-state index in [-0.39, 0.29) is 6.10 Å². The molecule has 0 aliphatic rings. The fourth-order valence-electron chi connectivity index (χ4n) is 1.38. The molecule has 0 saturated heterocycles. The largest absolute Gasteiger partial charge is 0.459 e. The van der Waals surface area contributed by atoms with Gasteiger partial charge in [-0.25, -0.2) is 0 Å². The zero-order valence-corrected chi connectivity index (χ0v) is 9.54. The van der Waals surface area contributed by atoms with Crippen LogP contribution < -0.4 is 0 Å². The van der Waals surface area contributed by atoms with E-state index in [9.17, 15) is 0 Å². The number of fused-ring (bicyclic) bond motifs is 1. The average molecular weight is 225 g/mol. The van der Waals surface area contributed by atoms with E-state index in [2.05, 4.69) is 0 Å². The SMILES string of the molecule is CC(C)OCc1cc2ccc(Cl)cc2o1. The van der Waals surface area contributed by atoms with Crippen molar-refractivity contribution in [2.45, 2.75) is 26.6 Å². The monoisotopic (exact) mass is 224 g/mol. The van der Waals surface area contributed by atoms with E-state index in [4.69, 9.17) is 20.8 Å². The van der Waals surface area contributed by atoms with Crippen LogP contribution in [0, 0.1) is 0 Å². The maximum Gasteiger partial charge on any atom is 0.135 e. The van der Waals surface area contributed by atoms with Crippen molar-refractivity contribution >= 4 is 22.6 Å². The molecule has 15 heavy (non-hydrogen) atoms. The first-order chi connectivity index (χ1) is 7.15. The van der Waals surface area contributed by atoms with E-state index in [1.807, 2.05) is 38.1 Å². The molecule has 0 bridgehead atoms. The molecule has 0 spiro atoms. The molecule has 0 unspecified atom stereocenters. The summed E-state index contributed by atoms with van der Waals surface area (Å²) in [6, 6.07) is 7.59. The molecule has 0 amide bonds. The maximum absolute atomic E-state index is 5.86. The summed E-state index contributed by atoms with van der Waals surface area (Å²) < 4.78 is 11.1. The third kappa shape index (κ3) is 2.52. The Kier molecular flexibility index (Phi) is 2.98. The molecule has 1 aromatic heterocycles. The normalized spacial score (nSPS) is 11.5. The van der Waals surface area contributed by atoms with Crippen LogP contribution in [0.3, 0.4) is 0 Å². The number of hydrogen-bond donors (Lipinski definition) is 0. The molecule has 0 saturated carbocycles. The van der Waals surface area contributed by atoms with E-state index < -0.39 is 0 Å². The lowest BCUT2D eigenvalue weighted by molar-refractivity contribution is 0.0553. The summed E-state index contributed by atoms with van der Waals surface area (Å²) in [5.74, 6) is 0.834. The molecule has 2 nitrogen and oxygen atoms in total. The number of rotatable bonds is 3. The first-order valence-corrected chi connectivity index (χ1v) is 5.32. The summed E-state index contributed by atoms with van der Waals surface area (Å²) in [6.07, 6.45) is 0.210. The fraction of sp³-hybridized carbons (Fsp3) is 0.333. The molecule has 1 heterocycles. The van der Waals surface area contributed by atoms with Gasteiger partial charge in [0.1, 0.15) is 18.0 Å². The molecule has 0 aliphatic carbocycles. The lowest BCUT2D eigenvalue weighted by atomic mass is 10.2. The summed E-state index contributed by atoms with van der Waals surface area (Å²) in [4.78, 5) is 0. The molecule has 0 N–H and O–H groups in total. The number of hydrogen-bond acceptors (Lipinski definition) is 2. The summed E-state index contributed by atoms with van der Waals surface area (Å²) in [6.45, 7) is 4.50. The highest BCUT2D eigenvalue weighted by Crippen LogP contribution is 2.23. The lowest BCUT2D eigenvalue weighted by Crippen LogP contribution is -2.01. The summed E-state index contributed by atoms with van der Waals surface area (Å²) >= 11 is 5.86. The van der Waals surface area contributed by atoms with Gasteiger partial charge in [0.05, 0.1) is 6.10 Å². The van der Waals surface area contributed by atoms with Crippen LogP contribution >= 0.6 is 11.6 Å². The van der Waals surface area contributed by atoms with E-state index in [0.29, 0.717) is 11.6 Å². The van der Waals surface area contributed by atoms with Crippen LogP contribution in [0.1, 0.15) is 19.6 Å². The van der Waals surface area contributed by atoms with Crippen molar-refractivity contribution in [3.63, 3.8) is 0 Å². The van der Waals surface area contributed by atoms with Crippen molar-refractivity contribution in [1.29, 1.82) is 0 Å². The molecule has 0 radical (unpaired) electrons. The standard InChI is InChI=1S/C12H13ClO2/c1-8(2)14-7-11-5-9-3-4-10(13)6-12(9)15-11/h3-6,8H,7H2,1-2H3. The van der Waals surface area contributed by atoms with Crippen LogP contribution in [-0.2, 0) is 11.3 Å². The first kappa shape index (κ1) is 10.5. The van der Waals surface area contributed by atoms with Crippen molar-refractivity contribution in [1.82, 2.24) is 0 Å². The Hall–Kier alpha value is -0.990. The number of benzene rings is 1. The Labute approximate surface area is 93.8 Å². The van der Waals surface area contributed by atoms with Gasteiger partial charge in [-0.05, 0) is 32.0 Å². The Morgan fingerprint density at radius 2 is 2.13 bits per heavy atom. The summed E-state index contributed by atoms with van der Waals surface area (Å²) in [7, 11) is 0. The van der Waals surface area contributed by atoms with Crippen LogP contribution in [0.4, 0.5) is 0 Å². The number of furan rings is 1. The molecule has 80 valence electrons. The van der Waals surface area contributed by atoms with Gasteiger partial charge in [0, 0.05) is 16.5 Å². The molecular formula is C12H13ClO2. The zero-order chi connectivity index (χ0) is 10.8. The first-order valence-electron chi connectivity index (χ1n) is 4.95. The number of halogens is 1. The predicted molar refractivity (Wildman–Crippen MR) is 61.1 cm³/mol. The minimum Gasteiger partial charge on any atom is -0.459 e.